The van der Waals surface area contributed by atoms with Crippen molar-refractivity contribution in [2.45, 2.75) is 33.0 Å². The molecule has 1 aromatic heterocycles. The average Bonchev–Trinajstić information content (AvgIpc) is 2.82. The molecule has 1 N–H and O–H groups in total. The zero-order valence-electron chi connectivity index (χ0n) is 19.4. The van der Waals surface area contributed by atoms with Gasteiger partial charge in [0.05, 0.1) is 17.7 Å². The van der Waals surface area contributed by atoms with Crippen LogP contribution in [0.5, 0.6) is 5.75 Å². The summed E-state index contributed by atoms with van der Waals surface area (Å²) in [7, 11) is 0. The van der Waals surface area contributed by atoms with Gasteiger partial charge in [-0.25, -0.2) is 4.98 Å². The number of piperazine rings is 1. The Balaban J connectivity index is 1.63. The number of nitrogens with one attached hydrogen (secondary N) is 1. The highest BCUT2D eigenvalue weighted by atomic mass is 19.4. The van der Waals surface area contributed by atoms with Gasteiger partial charge >= 0.3 is 6.18 Å². The average molecular weight is 479 g/mol. The van der Waals surface area contributed by atoms with Crippen LogP contribution in [0, 0.1) is 5.92 Å². The Labute approximate surface area is 196 Å². The number of nitrogens with zero attached hydrogens (tertiary/aromatic N) is 3. The number of alkyl halides is 3. The van der Waals surface area contributed by atoms with Crippen LogP contribution in [-0.2, 0) is 11.0 Å². The minimum atomic E-state index is -4.43. The molecule has 2 aromatic rings. The predicted molar refractivity (Wildman–Crippen MR) is 122 cm³/mol. The second kappa shape index (κ2) is 10.8. The van der Waals surface area contributed by atoms with E-state index in [1.807, 2.05) is 25.7 Å². The molecule has 2 amide bonds. The van der Waals surface area contributed by atoms with E-state index in [0.717, 1.165) is 12.3 Å². The molecule has 2 heterocycles. The number of pyridine rings is 1. The van der Waals surface area contributed by atoms with E-state index in [4.69, 9.17) is 4.74 Å². The Bertz CT molecular complexity index is 988. The molecule has 1 unspecified atom stereocenters. The van der Waals surface area contributed by atoms with Gasteiger partial charge in [0.2, 0.25) is 5.91 Å². The van der Waals surface area contributed by atoms with Gasteiger partial charge in [0.1, 0.15) is 17.6 Å². The molecule has 0 spiro atoms. The highest BCUT2D eigenvalue weighted by Gasteiger charge is 2.33. The van der Waals surface area contributed by atoms with Gasteiger partial charge in [-0.15, -0.1) is 0 Å². The molecule has 7 nitrogen and oxygen atoms in total. The molecule has 1 aromatic carbocycles. The molecular formula is C24H29F3N4O3. The van der Waals surface area contributed by atoms with Crippen LogP contribution in [0.1, 0.15) is 36.7 Å². The third-order valence-corrected chi connectivity index (χ3v) is 5.64. The molecule has 1 aliphatic heterocycles. The summed E-state index contributed by atoms with van der Waals surface area (Å²) in [6.07, 6.45) is -3.62. The lowest BCUT2D eigenvalue weighted by atomic mass is 10.0. The molecule has 3 rings (SSSR count). The predicted octanol–water partition coefficient (Wildman–Crippen LogP) is 3.60. The molecule has 0 radical (unpaired) electrons. The lowest BCUT2D eigenvalue weighted by Crippen LogP contribution is -2.56. The number of halogens is 3. The molecule has 10 heteroatoms. The third kappa shape index (κ3) is 5.98. The number of carbonyl (C=O) groups excluding carboxylic acids is 2. The van der Waals surface area contributed by atoms with Crippen molar-refractivity contribution < 1.29 is 27.5 Å². The number of hydrogen-bond donors (Lipinski definition) is 1. The molecule has 0 aliphatic carbocycles. The van der Waals surface area contributed by atoms with Gasteiger partial charge < -0.3 is 19.9 Å². The number of aromatic nitrogens is 1. The summed E-state index contributed by atoms with van der Waals surface area (Å²) >= 11 is 0. The van der Waals surface area contributed by atoms with Crippen LogP contribution in [0.2, 0.25) is 0 Å². The zero-order valence-corrected chi connectivity index (χ0v) is 19.4. The quantitative estimate of drug-likeness (QED) is 0.658. The zero-order chi connectivity index (χ0) is 24.9. The van der Waals surface area contributed by atoms with Crippen LogP contribution in [-0.4, -0.2) is 60.5 Å². The first-order chi connectivity index (χ1) is 16.1. The number of benzene rings is 1. The number of amides is 2. The summed E-state index contributed by atoms with van der Waals surface area (Å²) in [4.78, 5) is 33.6. The summed E-state index contributed by atoms with van der Waals surface area (Å²) < 4.78 is 43.8. The van der Waals surface area contributed by atoms with Gasteiger partial charge in [0, 0.05) is 32.4 Å². The van der Waals surface area contributed by atoms with Crippen molar-refractivity contribution in [1.82, 2.24) is 15.2 Å². The lowest BCUT2D eigenvalue weighted by molar-refractivity contribution is -0.138. The maximum atomic E-state index is 13.2. The number of para-hydroxylation sites is 1. The molecule has 0 bridgehead atoms. The Kier molecular flexibility index (Phi) is 8.01. The van der Waals surface area contributed by atoms with E-state index >= 15 is 0 Å². The van der Waals surface area contributed by atoms with Gasteiger partial charge in [0.25, 0.3) is 5.91 Å². The Morgan fingerprint density at radius 2 is 1.76 bits per heavy atom. The summed E-state index contributed by atoms with van der Waals surface area (Å²) in [5, 5.41) is 2.85. The summed E-state index contributed by atoms with van der Waals surface area (Å²) in [6, 6.07) is 8.49. The second-order valence-corrected chi connectivity index (χ2v) is 8.34. The van der Waals surface area contributed by atoms with Crippen LogP contribution in [0.25, 0.3) is 0 Å². The summed E-state index contributed by atoms with van der Waals surface area (Å²) in [5.74, 6) is 0.155. The Morgan fingerprint density at radius 3 is 2.32 bits per heavy atom. The first kappa shape index (κ1) is 25.3. The minimum absolute atomic E-state index is 0.148. The van der Waals surface area contributed by atoms with E-state index in [-0.39, 0.29) is 17.7 Å². The summed E-state index contributed by atoms with van der Waals surface area (Å²) in [5.41, 5.74) is -0.438. The Hall–Kier alpha value is -3.30. The molecule has 1 fully saturated rings. The number of carbonyl (C=O) groups is 2. The lowest BCUT2D eigenvalue weighted by Gasteiger charge is -2.37. The molecule has 184 valence electrons. The van der Waals surface area contributed by atoms with E-state index in [1.165, 1.54) is 6.07 Å². The topological polar surface area (TPSA) is 74.8 Å². The SMILES string of the molecule is CCOc1ccccc1C(=O)NC(C(=O)N1CCN(c2ccc(C(F)(F)F)cn2)CC1)C(C)C. The molecule has 0 saturated carbocycles. The summed E-state index contributed by atoms with van der Waals surface area (Å²) in [6.45, 7) is 7.56. The van der Waals surface area contributed by atoms with E-state index in [9.17, 15) is 22.8 Å². The number of anilines is 1. The van der Waals surface area contributed by atoms with Gasteiger partial charge in [-0.1, -0.05) is 26.0 Å². The fraction of sp³-hybridized carbons (Fsp3) is 0.458. The van der Waals surface area contributed by atoms with Crippen molar-refractivity contribution in [3.05, 3.63) is 53.7 Å². The van der Waals surface area contributed by atoms with Crippen LogP contribution in [0.15, 0.2) is 42.6 Å². The fourth-order valence-electron chi connectivity index (χ4n) is 3.76. The monoisotopic (exact) mass is 478 g/mol. The highest BCUT2D eigenvalue weighted by Crippen LogP contribution is 2.29. The van der Waals surface area contributed by atoms with Crippen molar-refractivity contribution in [3.63, 3.8) is 0 Å². The fourth-order valence-corrected chi connectivity index (χ4v) is 3.76. The van der Waals surface area contributed by atoms with E-state index in [2.05, 4.69) is 10.3 Å². The molecular weight excluding hydrogens is 449 g/mol. The molecule has 1 atom stereocenters. The van der Waals surface area contributed by atoms with Crippen LogP contribution in [0.3, 0.4) is 0 Å². The third-order valence-electron chi connectivity index (χ3n) is 5.64. The molecule has 1 saturated heterocycles. The highest BCUT2D eigenvalue weighted by molar-refractivity contribution is 5.99. The molecule has 34 heavy (non-hydrogen) atoms. The Morgan fingerprint density at radius 1 is 1.09 bits per heavy atom. The standard InChI is InChI=1S/C24H29F3N4O3/c1-4-34-19-8-6-5-7-18(19)22(32)29-21(16(2)3)23(33)31-13-11-30(12-14-31)20-10-9-17(15-28-20)24(25,26)27/h5-10,15-16,21H,4,11-14H2,1-3H3,(H,29,32). The van der Waals surface area contributed by atoms with Crippen LogP contribution >= 0.6 is 0 Å². The van der Waals surface area contributed by atoms with Crippen LogP contribution in [0.4, 0.5) is 19.0 Å². The van der Waals surface area contributed by atoms with E-state index in [0.29, 0.717) is 49.9 Å². The van der Waals surface area contributed by atoms with E-state index in [1.54, 1.807) is 29.2 Å². The normalized spacial score (nSPS) is 15.3. The minimum Gasteiger partial charge on any atom is -0.493 e. The van der Waals surface area contributed by atoms with E-state index < -0.39 is 17.8 Å². The number of hydrogen-bond acceptors (Lipinski definition) is 5. The largest absolute Gasteiger partial charge is 0.493 e. The van der Waals surface area contributed by atoms with Gasteiger partial charge in [-0.3, -0.25) is 9.59 Å². The molecule has 1 aliphatic rings. The van der Waals surface area contributed by atoms with Crippen molar-refractivity contribution in [3.8, 4) is 5.75 Å². The van der Waals surface area contributed by atoms with Gasteiger partial charge in [-0.05, 0) is 37.1 Å². The first-order valence-corrected chi connectivity index (χ1v) is 11.2. The number of ether oxygens (including phenoxy) is 1. The first-order valence-electron chi connectivity index (χ1n) is 11.2. The maximum absolute atomic E-state index is 13.2. The smallest absolute Gasteiger partial charge is 0.417 e. The van der Waals surface area contributed by atoms with Gasteiger partial charge in [0.15, 0.2) is 0 Å². The van der Waals surface area contributed by atoms with Crippen molar-refractivity contribution in [2.75, 3.05) is 37.7 Å². The van der Waals surface area contributed by atoms with Crippen molar-refractivity contribution >= 4 is 17.6 Å². The van der Waals surface area contributed by atoms with Crippen molar-refractivity contribution in [1.29, 1.82) is 0 Å². The van der Waals surface area contributed by atoms with Crippen molar-refractivity contribution in [2.24, 2.45) is 5.92 Å². The van der Waals surface area contributed by atoms with Crippen LogP contribution < -0.4 is 15.0 Å². The second-order valence-electron chi connectivity index (χ2n) is 8.34. The maximum Gasteiger partial charge on any atom is 0.417 e. The number of rotatable bonds is 7. The van der Waals surface area contributed by atoms with Gasteiger partial charge in [-0.2, -0.15) is 13.2 Å².